The van der Waals surface area contributed by atoms with Crippen LogP contribution in [0.15, 0.2) is 29.2 Å². The minimum atomic E-state index is -3.47. The molecule has 6 nitrogen and oxygen atoms in total. The number of amides is 1. The van der Waals surface area contributed by atoms with Gasteiger partial charge in [-0.3, -0.25) is 4.79 Å². The number of hydrogen-bond acceptors (Lipinski definition) is 4. The molecule has 0 unspecified atom stereocenters. The Morgan fingerprint density at radius 2 is 1.78 bits per heavy atom. The van der Waals surface area contributed by atoms with E-state index in [0.717, 1.165) is 13.1 Å². The van der Waals surface area contributed by atoms with E-state index < -0.39 is 10.0 Å². The fourth-order valence-electron chi connectivity index (χ4n) is 2.32. The number of sulfonamides is 1. The van der Waals surface area contributed by atoms with E-state index in [4.69, 9.17) is 0 Å². The van der Waals surface area contributed by atoms with E-state index in [0.29, 0.717) is 31.1 Å². The predicted molar refractivity (Wildman–Crippen MR) is 92.5 cm³/mol. The summed E-state index contributed by atoms with van der Waals surface area (Å²) in [6.07, 6.45) is 0. The quantitative estimate of drug-likeness (QED) is 0.762. The molecule has 23 heavy (non-hydrogen) atoms. The number of nitrogens with one attached hydrogen (secondary N) is 2. The molecule has 2 N–H and O–H groups in total. The van der Waals surface area contributed by atoms with Crippen molar-refractivity contribution in [1.82, 2.24) is 14.9 Å². The maximum absolute atomic E-state index is 12.4. The van der Waals surface area contributed by atoms with Crippen LogP contribution in [0, 0.1) is 5.92 Å². The number of carbonyl (C=O) groups excluding carboxylic acids is 1. The summed E-state index contributed by atoms with van der Waals surface area (Å²) >= 11 is 0. The molecule has 0 spiro atoms. The van der Waals surface area contributed by atoms with Crippen LogP contribution in [0.5, 0.6) is 0 Å². The second kappa shape index (κ2) is 8.63. The lowest BCUT2D eigenvalue weighted by Crippen LogP contribution is -2.48. The summed E-state index contributed by atoms with van der Waals surface area (Å²) in [5.41, 5.74) is 0.478. The second-order valence-electron chi connectivity index (χ2n) is 5.35. The standard InChI is InChI=1S/C15H23N3O3S.ClH/c1-3-18(4-2)22(20,21)14-7-5-13(6-8-14)15(19)17-11-12-9-16-10-12;/h5-8,12,16H,3-4,9-11H2,1-2H3,(H,17,19);1H. The van der Waals surface area contributed by atoms with Crippen LogP contribution in [-0.2, 0) is 10.0 Å². The minimum absolute atomic E-state index is 0. The van der Waals surface area contributed by atoms with Crippen LogP contribution in [0.25, 0.3) is 0 Å². The van der Waals surface area contributed by atoms with Crippen LogP contribution < -0.4 is 10.6 Å². The lowest BCUT2D eigenvalue weighted by atomic mass is 10.0. The van der Waals surface area contributed by atoms with E-state index in [2.05, 4.69) is 10.6 Å². The number of hydrogen-bond donors (Lipinski definition) is 2. The zero-order chi connectivity index (χ0) is 16.2. The molecule has 1 aliphatic rings. The van der Waals surface area contributed by atoms with Gasteiger partial charge in [-0.1, -0.05) is 13.8 Å². The third kappa shape index (κ3) is 4.67. The molecule has 0 atom stereocenters. The third-order valence-corrected chi connectivity index (χ3v) is 5.94. The molecular formula is C15H24ClN3O3S. The zero-order valence-electron chi connectivity index (χ0n) is 13.4. The van der Waals surface area contributed by atoms with Crippen molar-refractivity contribution in [2.45, 2.75) is 18.7 Å². The van der Waals surface area contributed by atoms with E-state index in [1.165, 1.54) is 16.4 Å². The van der Waals surface area contributed by atoms with Crippen molar-refractivity contribution in [1.29, 1.82) is 0 Å². The fraction of sp³-hybridized carbons (Fsp3) is 0.533. The average Bonchev–Trinajstić information content (AvgIpc) is 2.46. The summed E-state index contributed by atoms with van der Waals surface area (Å²) in [5, 5.41) is 6.01. The van der Waals surface area contributed by atoms with Crippen molar-refractivity contribution in [2.24, 2.45) is 5.92 Å². The number of benzene rings is 1. The van der Waals surface area contributed by atoms with Crippen molar-refractivity contribution < 1.29 is 13.2 Å². The van der Waals surface area contributed by atoms with Crippen molar-refractivity contribution in [3.63, 3.8) is 0 Å². The Morgan fingerprint density at radius 3 is 2.22 bits per heavy atom. The van der Waals surface area contributed by atoms with Gasteiger partial charge in [-0.15, -0.1) is 12.4 Å². The first-order valence-corrected chi connectivity index (χ1v) is 9.02. The van der Waals surface area contributed by atoms with Crippen LogP contribution in [0.2, 0.25) is 0 Å². The summed E-state index contributed by atoms with van der Waals surface area (Å²) in [4.78, 5) is 12.2. The zero-order valence-corrected chi connectivity index (χ0v) is 15.0. The van der Waals surface area contributed by atoms with E-state index in [9.17, 15) is 13.2 Å². The number of halogens is 1. The minimum Gasteiger partial charge on any atom is -0.352 e. The highest BCUT2D eigenvalue weighted by Gasteiger charge is 2.22. The van der Waals surface area contributed by atoms with Crippen molar-refractivity contribution >= 4 is 28.3 Å². The maximum atomic E-state index is 12.4. The molecule has 0 radical (unpaired) electrons. The average molecular weight is 362 g/mol. The molecule has 2 rings (SSSR count). The molecule has 1 saturated heterocycles. The SMILES string of the molecule is CCN(CC)S(=O)(=O)c1ccc(C(=O)NCC2CNC2)cc1.Cl. The van der Waals surface area contributed by atoms with Crippen LogP contribution >= 0.6 is 12.4 Å². The Bertz CT molecular complexity index is 611. The van der Waals surface area contributed by atoms with Crippen molar-refractivity contribution in [3.8, 4) is 0 Å². The Hall–Kier alpha value is -1.15. The van der Waals surface area contributed by atoms with Gasteiger partial charge >= 0.3 is 0 Å². The van der Waals surface area contributed by atoms with Gasteiger partial charge in [-0.05, 0) is 24.3 Å². The molecule has 0 saturated carbocycles. The maximum Gasteiger partial charge on any atom is 0.251 e. The largest absolute Gasteiger partial charge is 0.352 e. The first-order chi connectivity index (χ1) is 10.5. The second-order valence-corrected chi connectivity index (χ2v) is 7.29. The Labute approximate surface area is 144 Å². The summed E-state index contributed by atoms with van der Waals surface area (Å²) in [6.45, 7) is 6.97. The first kappa shape index (κ1) is 19.9. The van der Waals surface area contributed by atoms with Gasteiger partial charge in [0.1, 0.15) is 0 Å². The van der Waals surface area contributed by atoms with Gasteiger partial charge in [0.25, 0.3) is 5.91 Å². The van der Waals surface area contributed by atoms with Gasteiger partial charge in [0, 0.05) is 44.2 Å². The van der Waals surface area contributed by atoms with E-state index in [1.807, 2.05) is 0 Å². The van der Waals surface area contributed by atoms with Crippen LogP contribution in [-0.4, -0.2) is 51.4 Å². The normalized spacial score (nSPS) is 14.9. The molecule has 1 aromatic rings. The first-order valence-electron chi connectivity index (χ1n) is 7.58. The molecule has 8 heteroatoms. The van der Waals surface area contributed by atoms with Gasteiger partial charge in [0.15, 0.2) is 0 Å². The molecule has 1 heterocycles. The number of carbonyl (C=O) groups is 1. The van der Waals surface area contributed by atoms with Gasteiger partial charge in [-0.2, -0.15) is 4.31 Å². The molecule has 130 valence electrons. The summed E-state index contributed by atoms with van der Waals surface area (Å²) in [6, 6.07) is 6.11. The van der Waals surface area contributed by atoms with Gasteiger partial charge in [0.05, 0.1) is 4.90 Å². The van der Waals surface area contributed by atoms with Gasteiger partial charge < -0.3 is 10.6 Å². The summed E-state index contributed by atoms with van der Waals surface area (Å²) in [5.74, 6) is 0.324. The highest BCUT2D eigenvalue weighted by Crippen LogP contribution is 2.16. The summed E-state index contributed by atoms with van der Waals surface area (Å²) < 4.78 is 26.1. The molecule has 0 aromatic heterocycles. The van der Waals surface area contributed by atoms with Crippen molar-refractivity contribution in [2.75, 3.05) is 32.7 Å². The molecule has 1 amide bonds. The Morgan fingerprint density at radius 1 is 1.22 bits per heavy atom. The van der Waals surface area contributed by atoms with Crippen molar-refractivity contribution in [3.05, 3.63) is 29.8 Å². The van der Waals surface area contributed by atoms with Gasteiger partial charge in [-0.25, -0.2) is 8.42 Å². The number of nitrogens with zero attached hydrogens (tertiary/aromatic N) is 1. The third-order valence-electron chi connectivity index (χ3n) is 3.88. The lowest BCUT2D eigenvalue weighted by Gasteiger charge is -2.27. The van der Waals surface area contributed by atoms with Crippen LogP contribution in [0.4, 0.5) is 0 Å². The summed E-state index contributed by atoms with van der Waals surface area (Å²) in [7, 11) is -3.47. The molecule has 1 aliphatic heterocycles. The van der Waals surface area contributed by atoms with E-state index in [1.54, 1.807) is 26.0 Å². The highest BCUT2D eigenvalue weighted by atomic mass is 35.5. The molecule has 1 fully saturated rings. The smallest absolute Gasteiger partial charge is 0.251 e. The molecule has 1 aromatic carbocycles. The Kier molecular flexibility index (Phi) is 7.47. The van der Waals surface area contributed by atoms with Crippen LogP contribution in [0.3, 0.4) is 0 Å². The highest BCUT2D eigenvalue weighted by molar-refractivity contribution is 7.89. The molecule has 0 aliphatic carbocycles. The van der Waals surface area contributed by atoms with Crippen LogP contribution in [0.1, 0.15) is 24.2 Å². The van der Waals surface area contributed by atoms with Gasteiger partial charge in [0.2, 0.25) is 10.0 Å². The lowest BCUT2D eigenvalue weighted by molar-refractivity contribution is 0.0942. The fourth-order valence-corrected chi connectivity index (χ4v) is 3.78. The monoisotopic (exact) mass is 361 g/mol. The Balaban J connectivity index is 0.00000264. The molecule has 0 bridgehead atoms. The topological polar surface area (TPSA) is 78.5 Å². The van der Waals surface area contributed by atoms with E-state index >= 15 is 0 Å². The molecular weight excluding hydrogens is 338 g/mol. The predicted octanol–water partition coefficient (Wildman–Crippen LogP) is 1.09. The number of rotatable bonds is 7. The van der Waals surface area contributed by atoms with E-state index in [-0.39, 0.29) is 23.2 Å².